The van der Waals surface area contributed by atoms with Crippen LogP contribution in [0.5, 0.6) is 5.75 Å². The predicted octanol–water partition coefficient (Wildman–Crippen LogP) is 6.22. The second-order valence-electron chi connectivity index (χ2n) is 6.08. The first-order valence-corrected chi connectivity index (χ1v) is 9.66. The number of halogens is 2. The molecule has 1 unspecified atom stereocenters. The Balaban J connectivity index is 1.82. The molecule has 0 saturated heterocycles. The molecule has 0 spiro atoms. The Morgan fingerprint density at radius 1 is 1.00 bits per heavy atom. The zero-order valence-corrected chi connectivity index (χ0v) is 16.9. The summed E-state index contributed by atoms with van der Waals surface area (Å²) in [5, 5.41) is 2.67. The third-order valence-electron chi connectivity index (χ3n) is 4.45. The van der Waals surface area contributed by atoms with E-state index in [2.05, 4.69) is 40.8 Å². The highest BCUT2D eigenvalue weighted by atomic mass is 127. The molecule has 1 aromatic heterocycles. The molecule has 0 amide bonds. The van der Waals surface area contributed by atoms with E-state index in [0.717, 1.165) is 25.4 Å². The van der Waals surface area contributed by atoms with Gasteiger partial charge in [0, 0.05) is 25.4 Å². The van der Waals surface area contributed by atoms with Crippen LogP contribution in [0.25, 0.3) is 21.8 Å². The number of benzene rings is 3. The van der Waals surface area contributed by atoms with E-state index in [0.29, 0.717) is 10.8 Å². The van der Waals surface area contributed by atoms with Crippen molar-refractivity contribution in [3.05, 3.63) is 75.3 Å². The molecule has 0 radical (unpaired) electrons. The first-order chi connectivity index (χ1) is 12.6. The second kappa shape index (κ2) is 6.93. The number of para-hydroxylation sites is 2. The van der Waals surface area contributed by atoms with E-state index >= 15 is 0 Å². The summed E-state index contributed by atoms with van der Waals surface area (Å²) in [6.45, 7) is 1.85. The van der Waals surface area contributed by atoms with Crippen LogP contribution in [0.3, 0.4) is 0 Å². The van der Waals surface area contributed by atoms with Crippen molar-refractivity contribution in [3.63, 3.8) is 0 Å². The highest BCUT2D eigenvalue weighted by Crippen LogP contribution is 2.33. The Labute approximate surface area is 169 Å². The number of fused-ring (bicyclic) bond motifs is 3. The monoisotopic (exact) mass is 475 g/mol. The van der Waals surface area contributed by atoms with Crippen LogP contribution in [0.15, 0.2) is 66.7 Å². The average Bonchev–Trinajstić information content (AvgIpc) is 2.96. The van der Waals surface area contributed by atoms with Crippen LogP contribution in [0.2, 0.25) is 5.02 Å². The third kappa shape index (κ3) is 2.97. The number of carbonyl (C=O) groups excluding carboxylic acids is 1. The molecule has 1 heterocycles. The second-order valence-corrected chi connectivity index (χ2v) is 7.73. The summed E-state index contributed by atoms with van der Waals surface area (Å²) >= 11 is 8.42. The van der Waals surface area contributed by atoms with Crippen molar-refractivity contribution in [3.8, 4) is 5.75 Å². The van der Waals surface area contributed by atoms with Crippen LogP contribution in [0.4, 0.5) is 0 Å². The fourth-order valence-electron chi connectivity index (χ4n) is 3.22. The molecule has 3 nitrogen and oxygen atoms in total. The van der Waals surface area contributed by atoms with Gasteiger partial charge in [-0.1, -0.05) is 41.9 Å². The van der Waals surface area contributed by atoms with Crippen molar-refractivity contribution in [1.29, 1.82) is 0 Å². The molecular formula is C21H15ClINO2. The van der Waals surface area contributed by atoms with E-state index < -0.39 is 6.04 Å². The van der Waals surface area contributed by atoms with Crippen LogP contribution >= 0.6 is 34.2 Å². The first-order valence-electron chi connectivity index (χ1n) is 8.20. The summed E-state index contributed by atoms with van der Waals surface area (Å²) in [4.78, 5) is 12.8. The molecule has 3 aromatic carbocycles. The normalized spacial score (nSPS) is 12.4. The van der Waals surface area contributed by atoms with E-state index in [1.807, 2.05) is 35.8 Å². The van der Waals surface area contributed by atoms with Gasteiger partial charge in [-0.25, -0.2) is 4.79 Å². The molecule has 5 heteroatoms. The summed E-state index contributed by atoms with van der Waals surface area (Å²) in [7, 11) is 0. The molecule has 0 saturated carbocycles. The lowest BCUT2D eigenvalue weighted by molar-refractivity contribution is -0.137. The summed E-state index contributed by atoms with van der Waals surface area (Å²) < 4.78 is 8.74. The predicted molar refractivity (Wildman–Crippen MR) is 114 cm³/mol. The van der Waals surface area contributed by atoms with Gasteiger partial charge in [-0.05, 0) is 65.9 Å². The zero-order chi connectivity index (χ0) is 18.3. The summed E-state index contributed by atoms with van der Waals surface area (Å²) in [5.74, 6) is 0.0284. The van der Waals surface area contributed by atoms with E-state index in [-0.39, 0.29) is 5.97 Å². The Hall–Kier alpha value is -2.05. The molecule has 1 atom stereocenters. The highest BCUT2D eigenvalue weighted by molar-refractivity contribution is 14.1. The molecule has 4 rings (SSSR count). The molecule has 0 bridgehead atoms. The number of rotatable bonds is 3. The SMILES string of the molecule is CC(C(=O)Oc1ccccc1Cl)n1c2ccccc2c2cc(I)ccc21. The van der Waals surface area contributed by atoms with Crippen LogP contribution < -0.4 is 4.74 Å². The van der Waals surface area contributed by atoms with Gasteiger partial charge in [-0.3, -0.25) is 0 Å². The van der Waals surface area contributed by atoms with E-state index in [1.54, 1.807) is 24.3 Å². The number of esters is 1. The van der Waals surface area contributed by atoms with Gasteiger partial charge in [-0.2, -0.15) is 0 Å². The minimum Gasteiger partial charge on any atom is -0.423 e. The summed E-state index contributed by atoms with van der Waals surface area (Å²) in [5.41, 5.74) is 2.02. The maximum absolute atomic E-state index is 12.8. The van der Waals surface area contributed by atoms with Gasteiger partial charge < -0.3 is 9.30 Å². The zero-order valence-electron chi connectivity index (χ0n) is 13.9. The highest BCUT2D eigenvalue weighted by Gasteiger charge is 2.23. The molecule has 0 aliphatic heterocycles. The Morgan fingerprint density at radius 2 is 1.69 bits per heavy atom. The molecule has 130 valence electrons. The van der Waals surface area contributed by atoms with Crippen molar-refractivity contribution < 1.29 is 9.53 Å². The molecule has 0 N–H and O–H groups in total. The standard InChI is InChI=1S/C21H15ClINO2/c1-13(21(25)26-20-9-5-3-7-17(20)22)24-18-8-4-2-6-15(18)16-12-14(23)10-11-19(16)24/h2-13H,1H3. The molecule has 0 aliphatic carbocycles. The Morgan fingerprint density at radius 3 is 2.50 bits per heavy atom. The lowest BCUT2D eigenvalue weighted by Gasteiger charge is -2.16. The van der Waals surface area contributed by atoms with Crippen molar-refractivity contribution >= 4 is 62.0 Å². The smallest absolute Gasteiger partial charge is 0.334 e. The van der Waals surface area contributed by atoms with Gasteiger partial charge in [-0.15, -0.1) is 0 Å². The van der Waals surface area contributed by atoms with Gasteiger partial charge >= 0.3 is 5.97 Å². The lowest BCUT2D eigenvalue weighted by atomic mass is 10.2. The topological polar surface area (TPSA) is 31.2 Å². The van der Waals surface area contributed by atoms with Crippen LogP contribution in [0, 0.1) is 3.57 Å². The molecular weight excluding hydrogens is 461 g/mol. The molecule has 26 heavy (non-hydrogen) atoms. The number of nitrogens with zero attached hydrogens (tertiary/aromatic N) is 1. The van der Waals surface area contributed by atoms with Gasteiger partial charge in [0.25, 0.3) is 0 Å². The van der Waals surface area contributed by atoms with Crippen molar-refractivity contribution in [2.24, 2.45) is 0 Å². The Bertz CT molecular complexity index is 1140. The maximum Gasteiger partial charge on any atom is 0.334 e. The fraction of sp³-hybridized carbons (Fsp3) is 0.0952. The quantitative estimate of drug-likeness (QED) is 0.200. The van der Waals surface area contributed by atoms with Gasteiger partial charge in [0.1, 0.15) is 11.8 Å². The van der Waals surface area contributed by atoms with Crippen molar-refractivity contribution in [2.45, 2.75) is 13.0 Å². The van der Waals surface area contributed by atoms with Gasteiger partial charge in [0.2, 0.25) is 0 Å². The van der Waals surface area contributed by atoms with Crippen LogP contribution in [-0.4, -0.2) is 10.5 Å². The number of ether oxygens (including phenoxy) is 1. The fourth-order valence-corrected chi connectivity index (χ4v) is 3.88. The van der Waals surface area contributed by atoms with E-state index in [9.17, 15) is 4.79 Å². The summed E-state index contributed by atoms with van der Waals surface area (Å²) in [6.07, 6.45) is 0. The van der Waals surface area contributed by atoms with Gasteiger partial charge in [0.15, 0.2) is 0 Å². The molecule has 0 fully saturated rings. The largest absolute Gasteiger partial charge is 0.423 e. The number of hydrogen-bond donors (Lipinski definition) is 0. The summed E-state index contributed by atoms with van der Waals surface area (Å²) in [6, 6.07) is 20.8. The minimum absolute atomic E-state index is 0.348. The average molecular weight is 476 g/mol. The first kappa shape index (κ1) is 17.4. The molecule has 0 aliphatic rings. The lowest BCUT2D eigenvalue weighted by Crippen LogP contribution is -2.21. The number of carbonyl (C=O) groups is 1. The maximum atomic E-state index is 12.8. The minimum atomic E-state index is -0.492. The van der Waals surface area contributed by atoms with E-state index in [4.69, 9.17) is 16.3 Å². The van der Waals surface area contributed by atoms with Crippen molar-refractivity contribution in [2.75, 3.05) is 0 Å². The van der Waals surface area contributed by atoms with Crippen molar-refractivity contribution in [1.82, 2.24) is 4.57 Å². The number of hydrogen-bond acceptors (Lipinski definition) is 2. The third-order valence-corrected chi connectivity index (χ3v) is 5.43. The molecule has 4 aromatic rings. The van der Waals surface area contributed by atoms with Crippen LogP contribution in [-0.2, 0) is 4.79 Å². The van der Waals surface area contributed by atoms with E-state index in [1.165, 1.54) is 0 Å². The Kier molecular flexibility index (Phi) is 4.63. The van der Waals surface area contributed by atoms with Crippen LogP contribution in [0.1, 0.15) is 13.0 Å². The van der Waals surface area contributed by atoms with Gasteiger partial charge in [0.05, 0.1) is 5.02 Å². The number of aromatic nitrogens is 1.